The highest BCUT2D eigenvalue weighted by Gasteiger charge is 2.02. The van der Waals surface area contributed by atoms with E-state index in [1.165, 1.54) is 5.39 Å². The van der Waals surface area contributed by atoms with Gasteiger partial charge in [-0.05, 0) is 24.3 Å². The highest BCUT2D eigenvalue weighted by atomic mass is 35.5. The lowest BCUT2D eigenvalue weighted by Gasteiger charge is -2.04. The van der Waals surface area contributed by atoms with Gasteiger partial charge in [-0.1, -0.05) is 48.0 Å². The summed E-state index contributed by atoms with van der Waals surface area (Å²) in [6.07, 6.45) is 0. The molecule has 3 aromatic rings. The van der Waals surface area contributed by atoms with Crippen LogP contribution >= 0.6 is 23.4 Å². The Hall–Kier alpha value is -1.51. The summed E-state index contributed by atoms with van der Waals surface area (Å²) < 4.78 is 0. The lowest BCUT2D eigenvalue weighted by atomic mass is 10.2. The number of rotatable bonds is 3. The van der Waals surface area contributed by atoms with Crippen molar-refractivity contribution in [3.05, 3.63) is 71.4 Å². The third-order valence-electron chi connectivity index (χ3n) is 2.87. The van der Waals surface area contributed by atoms with Crippen molar-refractivity contribution in [1.82, 2.24) is 4.98 Å². The molecule has 0 spiro atoms. The topological polar surface area (TPSA) is 12.9 Å². The van der Waals surface area contributed by atoms with Crippen molar-refractivity contribution in [3.8, 4) is 0 Å². The second-order valence-corrected chi connectivity index (χ2v) is 5.64. The Morgan fingerprint density at radius 3 is 2.58 bits per heavy atom. The van der Waals surface area contributed by atoms with Gasteiger partial charge in [0.15, 0.2) is 0 Å². The van der Waals surface area contributed by atoms with E-state index in [0.717, 1.165) is 26.9 Å². The van der Waals surface area contributed by atoms with Crippen molar-refractivity contribution in [2.45, 2.75) is 10.6 Å². The number of hydrogen-bond acceptors (Lipinski definition) is 2. The fraction of sp³-hybridized carbons (Fsp3) is 0.0625. The van der Waals surface area contributed by atoms with E-state index in [1.54, 1.807) is 11.8 Å². The zero-order valence-corrected chi connectivity index (χ0v) is 11.8. The summed E-state index contributed by atoms with van der Waals surface area (Å²) in [7, 11) is 0. The first-order valence-corrected chi connectivity index (χ1v) is 7.41. The van der Waals surface area contributed by atoms with Gasteiger partial charge in [-0.3, -0.25) is 4.98 Å². The zero-order chi connectivity index (χ0) is 13.1. The van der Waals surface area contributed by atoms with Gasteiger partial charge >= 0.3 is 0 Å². The normalized spacial score (nSPS) is 10.8. The SMILES string of the molecule is Clc1ccccc1SCc1ccc2ccccc2n1. The Kier molecular flexibility index (Phi) is 3.72. The van der Waals surface area contributed by atoms with Crippen LogP contribution in [-0.4, -0.2) is 4.98 Å². The molecule has 0 amide bonds. The summed E-state index contributed by atoms with van der Waals surface area (Å²) in [5.74, 6) is 0.828. The molecule has 0 N–H and O–H groups in total. The van der Waals surface area contributed by atoms with Gasteiger partial charge < -0.3 is 0 Å². The minimum Gasteiger partial charge on any atom is -0.252 e. The molecule has 0 saturated carbocycles. The first-order chi connectivity index (χ1) is 9.33. The summed E-state index contributed by atoms with van der Waals surface area (Å²) in [4.78, 5) is 5.75. The Morgan fingerprint density at radius 2 is 1.68 bits per heavy atom. The van der Waals surface area contributed by atoms with Gasteiger partial charge in [0.1, 0.15) is 0 Å². The first kappa shape index (κ1) is 12.5. The van der Waals surface area contributed by atoms with Crippen LogP contribution < -0.4 is 0 Å². The molecule has 0 unspecified atom stereocenters. The number of halogens is 1. The molecule has 0 atom stereocenters. The number of para-hydroxylation sites is 1. The summed E-state index contributed by atoms with van der Waals surface area (Å²) in [6, 6.07) is 20.3. The fourth-order valence-electron chi connectivity index (χ4n) is 1.90. The summed E-state index contributed by atoms with van der Waals surface area (Å²) in [5.41, 5.74) is 2.11. The Labute approximate surface area is 121 Å². The van der Waals surface area contributed by atoms with Crippen LogP contribution in [0.15, 0.2) is 65.6 Å². The Balaban J connectivity index is 1.80. The van der Waals surface area contributed by atoms with Crippen LogP contribution in [0.2, 0.25) is 5.02 Å². The van der Waals surface area contributed by atoms with Crippen LogP contribution in [0.5, 0.6) is 0 Å². The maximum atomic E-state index is 6.14. The molecule has 0 radical (unpaired) electrons. The van der Waals surface area contributed by atoms with E-state index >= 15 is 0 Å². The molecule has 1 aromatic heterocycles. The van der Waals surface area contributed by atoms with Crippen LogP contribution in [0.4, 0.5) is 0 Å². The predicted octanol–water partition coefficient (Wildman–Crippen LogP) is 5.18. The first-order valence-electron chi connectivity index (χ1n) is 6.05. The van der Waals surface area contributed by atoms with E-state index in [9.17, 15) is 0 Å². The quantitative estimate of drug-likeness (QED) is 0.615. The largest absolute Gasteiger partial charge is 0.252 e. The fourth-order valence-corrected chi connectivity index (χ4v) is 3.05. The molecule has 0 fully saturated rings. The molecule has 0 aliphatic carbocycles. The highest BCUT2D eigenvalue weighted by molar-refractivity contribution is 7.98. The standard InChI is InChI=1S/C16H12ClNS/c17-14-6-2-4-8-16(14)19-11-13-10-9-12-5-1-3-7-15(12)18-13/h1-10H,11H2. The molecular formula is C16H12ClNS. The van der Waals surface area contributed by atoms with Gasteiger partial charge in [-0.15, -0.1) is 11.8 Å². The molecule has 94 valence electrons. The molecule has 0 aliphatic rings. The average molecular weight is 286 g/mol. The number of aromatic nitrogens is 1. The maximum Gasteiger partial charge on any atom is 0.0705 e. The minimum absolute atomic E-state index is 0.799. The second-order valence-electron chi connectivity index (χ2n) is 4.21. The third-order valence-corrected chi connectivity index (χ3v) is 4.42. The summed E-state index contributed by atoms with van der Waals surface area (Å²) >= 11 is 7.86. The molecule has 1 heterocycles. The van der Waals surface area contributed by atoms with Crippen molar-refractivity contribution in [2.24, 2.45) is 0 Å². The number of pyridine rings is 1. The monoisotopic (exact) mass is 285 g/mol. The van der Waals surface area contributed by atoms with Crippen molar-refractivity contribution in [3.63, 3.8) is 0 Å². The summed E-state index contributed by atoms with van der Waals surface area (Å²) in [5, 5.41) is 1.97. The minimum atomic E-state index is 0.799. The van der Waals surface area contributed by atoms with E-state index in [0.29, 0.717) is 0 Å². The second kappa shape index (κ2) is 5.64. The van der Waals surface area contributed by atoms with Crippen LogP contribution in [0.1, 0.15) is 5.69 Å². The van der Waals surface area contributed by atoms with Gasteiger partial charge in [-0.25, -0.2) is 0 Å². The van der Waals surface area contributed by atoms with Gasteiger partial charge in [-0.2, -0.15) is 0 Å². The van der Waals surface area contributed by atoms with E-state index in [1.807, 2.05) is 42.5 Å². The van der Waals surface area contributed by atoms with Crippen LogP contribution in [-0.2, 0) is 5.75 Å². The van der Waals surface area contributed by atoms with Crippen LogP contribution in [0.25, 0.3) is 10.9 Å². The number of thioether (sulfide) groups is 1. The van der Waals surface area contributed by atoms with E-state index in [4.69, 9.17) is 11.6 Å². The molecule has 19 heavy (non-hydrogen) atoms. The van der Waals surface area contributed by atoms with Crippen molar-refractivity contribution < 1.29 is 0 Å². The lowest BCUT2D eigenvalue weighted by molar-refractivity contribution is 1.22. The molecular weight excluding hydrogens is 274 g/mol. The van der Waals surface area contributed by atoms with E-state index < -0.39 is 0 Å². The molecule has 0 bridgehead atoms. The molecule has 0 aliphatic heterocycles. The molecule has 2 aromatic carbocycles. The molecule has 0 saturated heterocycles. The van der Waals surface area contributed by atoms with E-state index in [-0.39, 0.29) is 0 Å². The zero-order valence-electron chi connectivity index (χ0n) is 10.2. The average Bonchev–Trinajstić information content (AvgIpc) is 2.46. The number of fused-ring (bicyclic) bond motifs is 1. The van der Waals surface area contributed by atoms with E-state index in [2.05, 4.69) is 23.2 Å². The van der Waals surface area contributed by atoms with Gasteiger partial charge in [0.25, 0.3) is 0 Å². The highest BCUT2D eigenvalue weighted by Crippen LogP contribution is 2.29. The maximum absolute atomic E-state index is 6.14. The van der Waals surface area contributed by atoms with Crippen molar-refractivity contribution in [2.75, 3.05) is 0 Å². The van der Waals surface area contributed by atoms with Crippen molar-refractivity contribution >= 4 is 34.3 Å². The predicted molar refractivity (Wildman–Crippen MR) is 82.8 cm³/mol. The van der Waals surface area contributed by atoms with Crippen LogP contribution in [0.3, 0.4) is 0 Å². The van der Waals surface area contributed by atoms with Crippen molar-refractivity contribution in [1.29, 1.82) is 0 Å². The smallest absolute Gasteiger partial charge is 0.0705 e. The Morgan fingerprint density at radius 1 is 0.895 bits per heavy atom. The molecule has 1 nitrogen and oxygen atoms in total. The van der Waals surface area contributed by atoms with Gasteiger partial charge in [0, 0.05) is 16.0 Å². The number of nitrogens with zero attached hydrogens (tertiary/aromatic N) is 1. The molecule has 3 rings (SSSR count). The van der Waals surface area contributed by atoms with Crippen LogP contribution in [0, 0.1) is 0 Å². The molecule has 3 heteroatoms. The number of benzene rings is 2. The number of hydrogen-bond donors (Lipinski definition) is 0. The van der Waals surface area contributed by atoms with Gasteiger partial charge in [0.2, 0.25) is 0 Å². The lowest BCUT2D eigenvalue weighted by Crippen LogP contribution is -1.88. The summed E-state index contributed by atoms with van der Waals surface area (Å²) in [6.45, 7) is 0. The Bertz CT molecular complexity index is 712. The van der Waals surface area contributed by atoms with Gasteiger partial charge in [0.05, 0.1) is 16.2 Å². The third kappa shape index (κ3) is 2.91.